The lowest BCUT2D eigenvalue weighted by atomic mass is 9.97. The Morgan fingerprint density at radius 1 is 0.939 bits per heavy atom. The lowest BCUT2D eigenvalue weighted by molar-refractivity contribution is -0.120. The van der Waals surface area contributed by atoms with Gasteiger partial charge in [-0.1, -0.05) is 30.3 Å². The first-order valence-corrected chi connectivity index (χ1v) is 13.0. The van der Waals surface area contributed by atoms with Crippen molar-refractivity contribution in [3.63, 3.8) is 0 Å². The van der Waals surface area contributed by atoms with Crippen LogP contribution in [0.15, 0.2) is 71.6 Å². The minimum atomic E-state index is -3.58. The number of carbonyl (C=O) groups is 1. The number of nitrogens with one attached hydrogen (secondary N) is 1. The summed E-state index contributed by atoms with van der Waals surface area (Å²) in [4.78, 5) is 15.3. The van der Waals surface area contributed by atoms with Crippen molar-refractivity contribution in [3.05, 3.63) is 66.7 Å². The number of hydrogen-bond donors (Lipinski definition) is 1. The summed E-state index contributed by atoms with van der Waals surface area (Å²) in [6.07, 6.45) is 1.02. The van der Waals surface area contributed by atoms with Crippen molar-refractivity contribution in [2.24, 2.45) is 5.92 Å². The number of hydrogen-bond acceptors (Lipinski definition) is 4. The molecule has 3 aromatic rings. The highest BCUT2D eigenvalue weighted by molar-refractivity contribution is 7.89. The van der Waals surface area contributed by atoms with Gasteiger partial charge in [0.05, 0.1) is 4.90 Å². The van der Waals surface area contributed by atoms with Crippen molar-refractivity contribution in [1.29, 1.82) is 0 Å². The summed E-state index contributed by atoms with van der Waals surface area (Å²) in [5.74, 6) is -0.246. The molecule has 4 rings (SSSR count). The standard InChI is InChI=1S/C26H31N3O3S/c1-3-28(4-2)24-12-10-23(11-13-24)27-26(30)21-15-17-29(18-16-21)33(31,32)25-14-9-20-7-5-6-8-22(20)19-25/h5-14,19,21H,3-4,15-18H2,1-2H3,(H,27,30). The zero-order valence-electron chi connectivity index (χ0n) is 19.2. The third-order valence-corrected chi connectivity index (χ3v) is 8.34. The molecule has 174 valence electrons. The molecule has 1 N–H and O–H groups in total. The second-order valence-electron chi connectivity index (χ2n) is 8.40. The van der Waals surface area contributed by atoms with E-state index in [2.05, 4.69) is 24.1 Å². The summed E-state index contributed by atoms with van der Waals surface area (Å²) in [5, 5.41) is 4.91. The maximum absolute atomic E-state index is 13.2. The molecule has 7 heteroatoms. The molecule has 0 spiro atoms. The molecule has 0 aliphatic carbocycles. The number of sulfonamides is 1. The Balaban J connectivity index is 1.37. The third-order valence-electron chi connectivity index (χ3n) is 6.45. The molecule has 1 saturated heterocycles. The van der Waals surface area contributed by atoms with Crippen molar-refractivity contribution >= 4 is 38.1 Å². The first-order chi connectivity index (χ1) is 15.9. The SMILES string of the molecule is CCN(CC)c1ccc(NC(=O)C2CCN(S(=O)(=O)c3ccc4ccccc4c3)CC2)cc1. The maximum atomic E-state index is 13.2. The number of benzene rings is 3. The molecule has 1 aliphatic heterocycles. The Kier molecular flexibility index (Phi) is 7.00. The fourth-order valence-corrected chi connectivity index (χ4v) is 5.93. The lowest BCUT2D eigenvalue weighted by Crippen LogP contribution is -2.41. The van der Waals surface area contributed by atoms with Crippen LogP contribution >= 0.6 is 0 Å². The number of nitrogens with zero attached hydrogens (tertiary/aromatic N) is 2. The van der Waals surface area contributed by atoms with Crippen LogP contribution in [0.1, 0.15) is 26.7 Å². The summed E-state index contributed by atoms with van der Waals surface area (Å²) in [6.45, 7) is 6.78. The van der Waals surface area contributed by atoms with Crippen LogP contribution in [0.2, 0.25) is 0 Å². The van der Waals surface area contributed by atoms with E-state index in [1.165, 1.54) is 4.31 Å². The van der Waals surface area contributed by atoms with E-state index in [4.69, 9.17) is 0 Å². The normalized spacial score (nSPS) is 15.5. The van der Waals surface area contributed by atoms with E-state index in [-0.39, 0.29) is 11.8 Å². The van der Waals surface area contributed by atoms with E-state index < -0.39 is 10.0 Å². The summed E-state index contributed by atoms with van der Waals surface area (Å²) in [7, 11) is -3.58. The topological polar surface area (TPSA) is 69.7 Å². The predicted molar refractivity (Wildman–Crippen MR) is 134 cm³/mol. The average molecular weight is 466 g/mol. The molecule has 0 bridgehead atoms. The van der Waals surface area contributed by atoms with Crippen molar-refractivity contribution in [3.8, 4) is 0 Å². The quantitative estimate of drug-likeness (QED) is 0.548. The van der Waals surface area contributed by atoms with E-state index in [0.29, 0.717) is 30.8 Å². The highest BCUT2D eigenvalue weighted by Gasteiger charge is 2.32. The van der Waals surface area contributed by atoms with Gasteiger partial charge < -0.3 is 10.2 Å². The van der Waals surface area contributed by atoms with Crippen LogP contribution in [0, 0.1) is 5.92 Å². The van der Waals surface area contributed by atoms with Gasteiger partial charge in [0, 0.05) is 43.5 Å². The first-order valence-electron chi connectivity index (χ1n) is 11.6. The van der Waals surface area contributed by atoms with Gasteiger partial charge in [-0.05, 0) is 73.9 Å². The molecule has 0 atom stereocenters. The zero-order valence-corrected chi connectivity index (χ0v) is 20.0. The zero-order chi connectivity index (χ0) is 23.4. The van der Waals surface area contributed by atoms with Crippen LogP contribution in [-0.4, -0.2) is 44.8 Å². The van der Waals surface area contributed by atoms with E-state index in [1.807, 2.05) is 54.6 Å². The number of anilines is 2. The largest absolute Gasteiger partial charge is 0.372 e. The van der Waals surface area contributed by atoms with Crippen molar-refractivity contribution in [2.75, 3.05) is 36.4 Å². The van der Waals surface area contributed by atoms with Gasteiger partial charge in [-0.25, -0.2) is 8.42 Å². The fourth-order valence-electron chi connectivity index (χ4n) is 4.42. The predicted octanol–water partition coefficient (Wildman–Crippen LogP) is 4.73. The number of amides is 1. The Morgan fingerprint density at radius 2 is 1.58 bits per heavy atom. The summed E-state index contributed by atoms with van der Waals surface area (Å²) in [5.41, 5.74) is 1.90. The van der Waals surface area contributed by atoms with Gasteiger partial charge in [-0.15, -0.1) is 0 Å². The first kappa shape index (κ1) is 23.3. The number of rotatable bonds is 7. The Labute approximate surface area is 196 Å². The molecule has 1 amide bonds. The van der Waals surface area contributed by atoms with Gasteiger partial charge in [0.15, 0.2) is 0 Å². The van der Waals surface area contributed by atoms with E-state index >= 15 is 0 Å². The van der Waals surface area contributed by atoms with Gasteiger partial charge in [0.2, 0.25) is 15.9 Å². The van der Waals surface area contributed by atoms with Crippen molar-refractivity contribution < 1.29 is 13.2 Å². The van der Waals surface area contributed by atoms with Gasteiger partial charge >= 0.3 is 0 Å². The Morgan fingerprint density at radius 3 is 2.21 bits per heavy atom. The number of fused-ring (bicyclic) bond motifs is 1. The van der Waals surface area contributed by atoms with Gasteiger partial charge in [-0.3, -0.25) is 4.79 Å². The van der Waals surface area contributed by atoms with Gasteiger partial charge in [-0.2, -0.15) is 4.31 Å². The highest BCUT2D eigenvalue weighted by Crippen LogP contribution is 2.27. The second-order valence-corrected chi connectivity index (χ2v) is 10.3. The monoisotopic (exact) mass is 465 g/mol. The third kappa shape index (κ3) is 5.04. The molecule has 1 fully saturated rings. The van der Waals surface area contributed by atoms with Crippen LogP contribution < -0.4 is 10.2 Å². The minimum absolute atomic E-state index is 0.0478. The Hall–Kier alpha value is -2.90. The molecule has 6 nitrogen and oxygen atoms in total. The highest BCUT2D eigenvalue weighted by atomic mass is 32.2. The Bertz CT molecular complexity index is 1210. The lowest BCUT2D eigenvalue weighted by Gasteiger charge is -2.30. The molecule has 0 saturated carbocycles. The van der Waals surface area contributed by atoms with Crippen molar-refractivity contribution in [1.82, 2.24) is 4.31 Å². The van der Waals surface area contributed by atoms with Crippen LogP contribution in [0.25, 0.3) is 10.8 Å². The molecule has 0 unspecified atom stereocenters. The van der Waals surface area contributed by atoms with E-state index in [0.717, 1.165) is 35.2 Å². The molecule has 3 aromatic carbocycles. The number of piperidine rings is 1. The molecular weight excluding hydrogens is 434 g/mol. The van der Waals surface area contributed by atoms with Crippen LogP contribution in [0.4, 0.5) is 11.4 Å². The molecule has 1 heterocycles. The molecule has 0 radical (unpaired) electrons. The van der Waals surface area contributed by atoms with Crippen molar-refractivity contribution in [2.45, 2.75) is 31.6 Å². The maximum Gasteiger partial charge on any atom is 0.243 e. The van der Waals surface area contributed by atoms with E-state index in [1.54, 1.807) is 12.1 Å². The average Bonchev–Trinajstić information content (AvgIpc) is 2.85. The van der Waals surface area contributed by atoms with Crippen LogP contribution in [0.3, 0.4) is 0 Å². The smallest absolute Gasteiger partial charge is 0.243 e. The second kappa shape index (κ2) is 9.93. The van der Waals surface area contributed by atoms with E-state index in [9.17, 15) is 13.2 Å². The van der Waals surface area contributed by atoms with Gasteiger partial charge in [0.1, 0.15) is 0 Å². The molecule has 1 aliphatic rings. The fraction of sp³-hybridized carbons (Fsp3) is 0.346. The minimum Gasteiger partial charge on any atom is -0.372 e. The summed E-state index contributed by atoms with van der Waals surface area (Å²) >= 11 is 0. The summed E-state index contributed by atoms with van der Waals surface area (Å²) < 4.78 is 27.8. The summed E-state index contributed by atoms with van der Waals surface area (Å²) in [6, 6.07) is 20.8. The molecule has 33 heavy (non-hydrogen) atoms. The molecular formula is C26H31N3O3S. The van der Waals surface area contributed by atoms with Crippen LogP contribution in [0.5, 0.6) is 0 Å². The van der Waals surface area contributed by atoms with Crippen LogP contribution in [-0.2, 0) is 14.8 Å². The molecule has 0 aromatic heterocycles. The number of carbonyl (C=O) groups excluding carboxylic acids is 1. The van der Waals surface area contributed by atoms with Gasteiger partial charge in [0.25, 0.3) is 0 Å².